The predicted octanol–water partition coefficient (Wildman–Crippen LogP) is 0.324. The number of benzene rings is 1. The Morgan fingerprint density at radius 1 is 1.42 bits per heavy atom. The second-order valence-electron chi connectivity index (χ2n) is 3.33. The molecule has 1 aromatic carbocycles. The minimum absolute atomic E-state index is 0.763. The van der Waals surface area contributed by atoms with Gasteiger partial charge in [-0.3, -0.25) is 5.41 Å². The van der Waals surface area contributed by atoms with Crippen molar-refractivity contribution >= 4 is 11.9 Å². The van der Waals surface area contributed by atoms with Crippen LogP contribution in [0.25, 0.3) is 0 Å². The molecule has 1 aliphatic rings. The summed E-state index contributed by atoms with van der Waals surface area (Å²) in [6.07, 6.45) is 4.17. The molecular formula is C10H13N2+. The van der Waals surface area contributed by atoms with Gasteiger partial charge in [-0.05, 0) is 36.5 Å². The molecule has 2 heteroatoms. The van der Waals surface area contributed by atoms with Gasteiger partial charge in [0.05, 0.1) is 5.56 Å². The number of anilines is 1. The number of hydrogen-bond donors (Lipinski definition) is 2. The summed E-state index contributed by atoms with van der Waals surface area (Å²) in [6.45, 7) is 0. The SMILES string of the molecule is Nc1cc(C2CC2)ccc1C=[NH2+]. The fraction of sp³-hybridized carbons (Fsp3) is 0.300. The number of nitrogen functional groups attached to an aromatic ring is 1. The molecule has 1 aromatic rings. The fourth-order valence-corrected chi connectivity index (χ4v) is 1.42. The summed E-state index contributed by atoms with van der Waals surface area (Å²) >= 11 is 0. The van der Waals surface area contributed by atoms with Gasteiger partial charge in [-0.15, -0.1) is 0 Å². The Labute approximate surface area is 71.9 Å². The summed E-state index contributed by atoms with van der Waals surface area (Å²) in [6, 6.07) is 6.14. The van der Waals surface area contributed by atoms with E-state index in [1.54, 1.807) is 6.21 Å². The van der Waals surface area contributed by atoms with E-state index in [1.165, 1.54) is 18.4 Å². The average Bonchev–Trinajstić information content (AvgIpc) is 2.86. The molecule has 0 spiro atoms. The molecule has 0 aromatic heterocycles. The lowest BCUT2D eigenvalue weighted by atomic mass is 10.1. The van der Waals surface area contributed by atoms with Gasteiger partial charge in [-0.2, -0.15) is 0 Å². The number of nitrogens with two attached hydrogens (primary N) is 2. The smallest absolute Gasteiger partial charge is 0.169 e. The Kier molecular flexibility index (Phi) is 1.61. The van der Waals surface area contributed by atoms with E-state index in [0.717, 1.165) is 17.2 Å². The predicted molar refractivity (Wildman–Crippen MR) is 49.9 cm³/mol. The van der Waals surface area contributed by atoms with Crippen molar-refractivity contribution in [2.75, 3.05) is 5.73 Å². The zero-order valence-corrected chi connectivity index (χ0v) is 6.96. The van der Waals surface area contributed by atoms with Crippen LogP contribution in [0.2, 0.25) is 0 Å². The van der Waals surface area contributed by atoms with Gasteiger partial charge in [0.25, 0.3) is 0 Å². The lowest BCUT2D eigenvalue weighted by molar-refractivity contribution is -0.104. The van der Waals surface area contributed by atoms with Crippen LogP contribution in [0.4, 0.5) is 5.69 Å². The van der Waals surface area contributed by atoms with Crippen LogP contribution in [0.15, 0.2) is 18.2 Å². The molecule has 0 unspecified atom stereocenters. The Balaban J connectivity index is 2.36. The third-order valence-electron chi connectivity index (χ3n) is 2.34. The van der Waals surface area contributed by atoms with Crippen LogP contribution in [0.3, 0.4) is 0 Å². The maximum Gasteiger partial charge on any atom is 0.169 e. The first kappa shape index (κ1) is 7.35. The molecule has 1 aliphatic carbocycles. The topological polar surface area (TPSA) is 51.6 Å². The third kappa shape index (κ3) is 1.20. The molecule has 0 bridgehead atoms. The van der Waals surface area contributed by atoms with Gasteiger partial charge in [-0.1, -0.05) is 6.07 Å². The molecule has 1 fully saturated rings. The summed E-state index contributed by atoms with van der Waals surface area (Å²) in [5, 5.41) is 5.39. The standard InChI is InChI=1S/C10H12N2/c11-6-9-4-3-8(5-10(9)12)7-1-2-7/h3-7,11H,1-2,12H2/p+1. The summed E-state index contributed by atoms with van der Waals surface area (Å²) < 4.78 is 0. The van der Waals surface area contributed by atoms with Crippen molar-refractivity contribution < 1.29 is 5.41 Å². The van der Waals surface area contributed by atoms with E-state index in [0.29, 0.717) is 0 Å². The van der Waals surface area contributed by atoms with Gasteiger partial charge >= 0.3 is 0 Å². The van der Waals surface area contributed by atoms with Gasteiger partial charge in [0.1, 0.15) is 0 Å². The van der Waals surface area contributed by atoms with Crippen molar-refractivity contribution in [1.82, 2.24) is 0 Å². The molecule has 12 heavy (non-hydrogen) atoms. The monoisotopic (exact) mass is 161 g/mol. The van der Waals surface area contributed by atoms with Crippen LogP contribution in [-0.4, -0.2) is 6.21 Å². The molecule has 0 radical (unpaired) electrons. The molecule has 0 saturated heterocycles. The van der Waals surface area contributed by atoms with Crippen molar-refractivity contribution in [2.24, 2.45) is 0 Å². The summed E-state index contributed by atoms with van der Waals surface area (Å²) in [4.78, 5) is 0. The molecule has 1 saturated carbocycles. The molecule has 2 rings (SSSR count). The summed E-state index contributed by atoms with van der Waals surface area (Å²) in [5.74, 6) is 0.763. The summed E-state index contributed by atoms with van der Waals surface area (Å²) in [5.41, 5.74) is 8.87. The maximum atomic E-state index is 5.79. The first-order valence-corrected chi connectivity index (χ1v) is 4.25. The van der Waals surface area contributed by atoms with Crippen molar-refractivity contribution in [3.8, 4) is 0 Å². The molecule has 62 valence electrons. The molecule has 0 heterocycles. The van der Waals surface area contributed by atoms with Gasteiger partial charge in [0, 0.05) is 5.69 Å². The highest BCUT2D eigenvalue weighted by Crippen LogP contribution is 2.40. The highest BCUT2D eigenvalue weighted by atomic mass is 14.6. The fourth-order valence-electron chi connectivity index (χ4n) is 1.42. The first-order valence-electron chi connectivity index (χ1n) is 4.25. The van der Waals surface area contributed by atoms with E-state index in [4.69, 9.17) is 11.1 Å². The number of hydrogen-bond acceptors (Lipinski definition) is 1. The van der Waals surface area contributed by atoms with Crippen LogP contribution in [0, 0.1) is 0 Å². The van der Waals surface area contributed by atoms with Crippen molar-refractivity contribution in [1.29, 1.82) is 0 Å². The molecular weight excluding hydrogens is 148 g/mol. The zero-order valence-electron chi connectivity index (χ0n) is 6.96. The normalized spacial score (nSPS) is 16.0. The minimum Gasteiger partial charge on any atom is -0.398 e. The highest BCUT2D eigenvalue weighted by molar-refractivity contribution is 5.83. The second-order valence-corrected chi connectivity index (χ2v) is 3.33. The third-order valence-corrected chi connectivity index (χ3v) is 2.34. The van der Waals surface area contributed by atoms with E-state index in [-0.39, 0.29) is 0 Å². The average molecular weight is 161 g/mol. The van der Waals surface area contributed by atoms with Crippen molar-refractivity contribution in [2.45, 2.75) is 18.8 Å². The van der Waals surface area contributed by atoms with E-state index in [1.807, 2.05) is 12.1 Å². The zero-order chi connectivity index (χ0) is 8.55. The van der Waals surface area contributed by atoms with Crippen molar-refractivity contribution in [3.63, 3.8) is 0 Å². The van der Waals surface area contributed by atoms with E-state index < -0.39 is 0 Å². The second kappa shape index (κ2) is 2.63. The minimum atomic E-state index is 0.763. The Morgan fingerprint density at radius 3 is 2.67 bits per heavy atom. The Morgan fingerprint density at radius 2 is 2.17 bits per heavy atom. The molecule has 4 N–H and O–H groups in total. The van der Waals surface area contributed by atoms with E-state index >= 15 is 0 Å². The lowest BCUT2D eigenvalue weighted by Gasteiger charge is -2.01. The van der Waals surface area contributed by atoms with Crippen LogP contribution in [0.1, 0.15) is 29.9 Å². The number of rotatable bonds is 2. The molecule has 0 aliphatic heterocycles. The Hall–Kier alpha value is -1.31. The largest absolute Gasteiger partial charge is 0.398 e. The highest BCUT2D eigenvalue weighted by Gasteiger charge is 2.23. The van der Waals surface area contributed by atoms with Gasteiger partial charge < -0.3 is 5.73 Å². The van der Waals surface area contributed by atoms with Gasteiger partial charge in [-0.25, -0.2) is 0 Å². The van der Waals surface area contributed by atoms with Crippen LogP contribution in [-0.2, 0) is 0 Å². The van der Waals surface area contributed by atoms with E-state index in [2.05, 4.69) is 6.07 Å². The van der Waals surface area contributed by atoms with Crippen LogP contribution < -0.4 is 11.1 Å². The Bertz CT molecular complexity index is 314. The van der Waals surface area contributed by atoms with Gasteiger partial charge in [0.15, 0.2) is 6.21 Å². The van der Waals surface area contributed by atoms with E-state index in [9.17, 15) is 0 Å². The van der Waals surface area contributed by atoms with Crippen molar-refractivity contribution in [3.05, 3.63) is 29.3 Å². The molecule has 0 amide bonds. The molecule has 2 nitrogen and oxygen atoms in total. The summed E-state index contributed by atoms with van der Waals surface area (Å²) in [7, 11) is 0. The van der Waals surface area contributed by atoms with Crippen LogP contribution >= 0.6 is 0 Å². The molecule has 0 atom stereocenters. The van der Waals surface area contributed by atoms with Crippen LogP contribution in [0.5, 0.6) is 0 Å². The lowest BCUT2D eigenvalue weighted by Crippen LogP contribution is -2.30. The van der Waals surface area contributed by atoms with Gasteiger partial charge in [0.2, 0.25) is 0 Å². The maximum absolute atomic E-state index is 5.79. The quantitative estimate of drug-likeness (QED) is 0.476. The first-order chi connectivity index (χ1) is 5.81.